The molecule has 0 saturated carbocycles. The largest absolute Gasteiger partial charge is 0.476 e. The van der Waals surface area contributed by atoms with Crippen molar-refractivity contribution >= 4 is 42.5 Å². The number of phosphoric ester groups is 1. The van der Waals surface area contributed by atoms with E-state index < -0.39 is 56.5 Å². The smallest absolute Gasteiger partial charge is 0.475 e. The topological polar surface area (TPSA) is 179 Å². The fourth-order valence-electron chi connectivity index (χ4n) is 4.81. The quantitative estimate of drug-likeness (QED) is 0.258. The lowest BCUT2D eigenvalue weighted by Gasteiger charge is -2.31. The first-order valence-corrected chi connectivity index (χ1v) is 15.3. The van der Waals surface area contributed by atoms with Gasteiger partial charge in [-0.05, 0) is 31.5 Å². The Bertz CT molecular complexity index is 1500. The number of aliphatic hydroxyl groups is 1. The highest BCUT2D eigenvalue weighted by molar-refractivity contribution is 7.48. The zero-order valence-electron chi connectivity index (χ0n) is 23.5. The van der Waals surface area contributed by atoms with E-state index in [9.17, 15) is 14.5 Å². The van der Waals surface area contributed by atoms with Gasteiger partial charge in [0.1, 0.15) is 11.7 Å². The van der Waals surface area contributed by atoms with Crippen LogP contribution in [0.25, 0.3) is 11.2 Å². The van der Waals surface area contributed by atoms with E-state index in [1.165, 1.54) is 17.8 Å². The number of carbonyl (C=O) groups excluding carboxylic acids is 1. The molecule has 2 saturated heterocycles. The molecule has 0 amide bonds. The van der Waals surface area contributed by atoms with Crippen molar-refractivity contribution in [3.05, 3.63) is 41.2 Å². The minimum absolute atomic E-state index is 0.0769. The van der Waals surface area contributed by atoms with Gasteiger partial charge < -0.3 is 25.1 Å². The van der Waals surface area contributed by atoms with Crippen molar-refractivity contribution in [2.45, 2.75) is 64.3 Å². The Kier molecular flexibility index (Phi) is 8.77. The van der Waals surface area contributed by atoms with Crippen LogP contribution in [0.1, 0.15) is 52.0 Å². The van der Waals surface area contributed by atoms with E-state index in [1.54, 1.807) is 45.0 Å². The number of phosphoric acid groups is 1. The maximum Gasteiger partial charge on any atom is 0.475 e. The molecule has 2 aliphatic rings. The molecule has 5 rings (SSSR count). The highest BCUT2D eigenvalue weighted by Crippen LogP contribution is 2.57. The number of rotatable bonds is 9. The molecule has 0 bridgehead atoms. The van der Waals surface area contributed by atoms with Gasteiger partial charge >= 0.3 is 13.8 Å². The van der Waals surface area contributed by atoms with Crippen molar-refractivity contribution in [1.29, 1.82) is 0 Å². The Balaban J connectivity index is 1.42. The molecule has 2 aromatic heterocycles. The summed E-state index contributed by atoms with van der Waals surface area (Å²) in [4.78, 5) is 25.4. The molecular weight excluding hydrogens is 593 g/mol. The van der Waals surface area contributed by atoms with Crippen molar-refractivity contribution in [2.24, 2.45) is 5.92 Å². The van der Waals surface area contributed by atoms with Crippen LogP contribution < -0.4 is 10.5 Å². The van der Waals surface area contributed by atoms with Gasteiger partial charge in [-0.3, -0.25) is 22.9 Å². The molecule has 228 valence electrons. The van der Waals surface area contributed by atoms with Crippen LogP contribution in [-0.2, 0) is 32.4 Å². The first kappa shape index (κ1) is 30.6. The molecule has 42 heavy (non-hydrogen) atoms. The van der Waals surface area contributed by atoms with Crippen LogP contribution >= 0.6 is 19.4 Å². The maximum absolute atomic E-state index is 13.5. The lowest BCUT2D eigenvalue weighted by atomic mass is 9.96. The van der Waals surface area contributed by atoms with Gasteiger partial charge in [-0.15, -0.1) is 0 Å². The second kappa shape index (κ2) is 12.0. The first-order valence-electron chi connectivity index (χ1n) is 13.5. The standard InChI is InChI=1S/C26H33ClN5O9P/c1-5-36-22-19-21(30-25(28)31-22)32(13-29-19)24-26(4,34)20(40-23(33)14(2)3)18(39-24)12-38-42(35)37-10-9-17(41-42)15-7-6-8-16(27)11-15/h6-8,11,13-14,17-18,20,24,34H,5,9-10,12H2,1-4H3,(H2,28,30,31). The van der Waals surface area contributed by atoms with E-state index in [2.05, 4.69) is 15.0 Å². The molecular formula is C26H33ClN5O9P. The Labute approximate surface area is 247 Å². The Morgan fingerprint density at radius 3 is 2.86 bits per heavy atom. The minimum Gasteiger partial charge on any atom is -0.476 e. The normalized spacial score (nSPS) is 29.7. The van der Waals surface area contributed by atoms with E-state index in [0.29, 0.717) is 23.6 Å². The van der Waals surface area contributed by atoms with E-state index in [1.807, 2.05) is 0 Å². The number of fused-ring (bicyclic) bond motifs is 1. The molecule has 16 heteroatoms. The summed E-state index contributed by atoms with van der Waals surface area (Å²) in [5.74, 6) is -0.989. The van der Waals surface area contributed by atoms with Crippen LogP contribution in [0.3, 0.4) is 0 Å². The lowest BCUT2D eigenvalue weighted by molar-refractivity contribution is -0.167. The molecule has 2 fully saturated rings. The SMILES string of the molecule is CCOc1nc(N)nc2c1ncn2C1OC(COP2(=O)OCCC(c3cccc(Cl)c3)O2)C(OC(=O)C(C)C)C1(C)O. The third-order valence-corrected chi connectivity index (χ3v) is 8.59. The Hall–Kier alpha value is -2.84. The molecule has 2 aliphatic heterocycles. The van der Waals surface area contributed by atoms with Crippen LogP contribution in [0.5, 0.6) is 5.88 Å². The average molecular weight is 626 g/mol. The van der Waals surface area contributed by atoms with Crippen molar-refractivity contribution in [3.63, 3.8) is 0 Å². The monoisotopic (exact) mass is 625 g/mol. The van der Waals surface area contributed by atoms with Crippen molar-refractivity contribution in [1.82, 2.24) is 19.5 Å². The predicted octanol–water partition coefficient (Wildman–Crippen LogP) is 3.98. The number of nitrogens with zero attached hydrogens (tertiary/aromatic N) is 4. The van der Waals surface area contributed by atoms with Gasteiger partial charge in [0.15, 0.2) is 23.5 Å². The highest BCUT2D eigenvalue weighted by Gasteiger charge is 2.57. The van der Waals surface area contributed by atoms with E-state index >= 15 is 0 Å². The number of hydrogen-bond acceptors (Lipinski definition) is 13. The van der Waals surface area contributed by atoms with E-state index in [-0.39, 0.29) is 24.1 Å². The molecule has 3 aromatic rings. The van der Waals surface area contributed by atoms with Gasteiger partial charge in [0.25, 0.3) is 0 Å². The van der Waals surface area contributed by atoms with Gasteiger partial charge in [0, 0.05) is 11.4 Å². The second-order valence-corrected chi connectivity index (χ2v) is 12.5. The van der Waals surface area contributed by atoms with Gasteiger partial charge in [-0.2, -0.15) is 9.97 Å². The van der Waals surface area contributed by atoms with E-state index in [0.717, 1.165) is 5.56 Å². The number of esters is 1. The number of nitrogen functional groups attached to an aromatic ring is 1. The number of carbonyl (C=O) groups is 1. The number of imidazole rings is 1. The number of benzene rings is 1. The fourth-order valence-corrected chi connectivity index (χ4v) is 6.41. The molecule has 1 aromatic carbocycles. The minimum atomic E-state index is -4.08. The van der Waals surface area contributed by atoms with E-state index in [4.69, 9.17) is 45.1 Å². The van der Waals surface area contributed by atoms with Crippen LogP contribution in [0.4, 0.5) is 5.95 Å². The molecule has 6 atom stereocenters. The maximum atomic E-state index is 13.5. The number of anilines is 1. The van der Waals surface area contributed by atoms with Crippen LogP contribution in [0.15, 0.2) is 30.6 Å². The second-order valence-electron chi connectivity index (χ2n) is 10.4. The van der Waals surface area contributed by atoms with Crippen molar-refractivity contribution in [2.75, 3.05) is 25.6 Å². The summed E-state index contributed by atoms with van der Waals surface area (Å²) in [5, 5.41) is 12.3. The Morgan fingerprint density at radius 1 is 1.36 bits per heavy atom. The number of nitrogens with two attached hydrogens (primary N) is 1. The van der Waals surface area contributed by atoms with Crippen LogP contribution in [-0.4, -0.2) is 68.2 Å². The third kappa shape index (κ3) is 6.11. The number of hydrogen-bond donors (Lipinski definition) is 2. The van der Waals surface area contributed by atoms with Crippen molar-refractivity contribution < 1.29 is 42.2 Å². The lowest BCUT2D eigenvalue weighted by Crippen LogP contribution is -2.47. The average Bonchev–Trinajstić information content (AvgIpc) is 3.45. The van der Waals surface area contributed by atoms with Crippen LogP contribution in [0.2, 0.25) is 5.02 Å². The molecule has 0 aliphatic carbocycles. The summed E-state index contributed by atoms with van der Waals surface area (Å²) in [6, 6.07) is 7.01. The number of aromatic nitrogens is 4. The molecule has 14 nitrogen and oxygen atoms in total. The van der Waals surface area contributed by atoms with Gasteiger partial charge in [-0.25, -0.2) is 9.55 Å². The molecule has 0 radical (unpaired) electrons. The molecule has 0 spiro atoms. The van der Waals surface area contributed by atoms with Crippen molar-refractivity contribution in [3.8, 4) is 5.88 Å². The summed E-state index contributed by atoms with van der Waals surface area (Å²) in [7, 11) is -4.08. The molecule has 3 N–H and O–H groups in total. The van der Waals surface area contributed by atoms with Gasteiger partial charge in [0.05, 0.1) is 38.2 Å². The number of halogens is 1. The first-order chi connectivity index (χ1) is 19.9. The summed E-state index contributed by atoms with van der Waals surface area (Å²) in [6.07, 6.45) is -2.29. The van der Waals surface area contributed by atoms with Gasteiger partial charge in [0.2, 0.25) is 11.8 Å². The summed E-state index contributed by atoms with van der Waals surface area (Å²) in [6.45, 7) is 6.56. The highest BCUT2D eigenvalue weighted by atomic mass is 35.5. The molecule has 6 unspecified atom stereocenters. The summed E-state index contributed by atoms with van der Waals surface area (Å²) >= 11 is 6.12. The zero-order chi connectivity index (χ0) is 30.2. The predicted molar refractivity (Wildman–Crippen MR) is 150 cm³/mol. The Morgan fingerprint density at radius 2 is 2.14 bits per heavy atom. The third-order valence-electron chi connectivity index (χ3n) is 6.88. The zero-order valence-corrected chi connectivity index (χ0v) is 25.2. The van der Waals surface area contributed by atoms with Crippen LogP contribution in [0, 0.1) is 5.92 Å². The summed E-state index contributed by atoms with van der Waals surface area (Å²) < 4.78 is 49.2. The molecule has 4 heterocycles. The number of ether oxygens (including phenoxy) is 3. The fraction of sp³-hybridized carbons (Fsp3) is 0.538. The van der Waals surface area contributed by atoms with Gasteiger partial charge in [-0.1, -0.05) is 37.6 Å². The summed E-state index contributed by atoms with van der Waals surface area (Å²) in [5.41, 5.74) is 5.32.